The Balaban J connectivity index is 2.55. The Labute approximate surface area is 121 Å². The van der Waals surface area contributed by atoms with E-state index in [2.05, 4.69) is 0 Å². The molecule has 0 aliphatic carbocycles. The molecule has 0 spiro atoms. The molecule has 20 heavy (non-hydrogen) atoms. The van der Waals surface area contributed by atoms with Gasteiger partial charge in [0.1, 0.15) is 5.82 Å². The maximum absolute atomic E-state index is 14.2. The van der Waals surface area contributed by atoms with E-state index >= 15 is 0 Å². The number of hydrogen-bond donors (Lipinski definition) is 1. The molecule has 0 radical (unpaired) electrons. The summed E-state index contributed by atoms with van der Waals surface area (Å²) in [6.07, 6.45) is -0.121. The van der Waals surface area contributed by atoms with E-state index in [0.717, 1.165) is 0 Å². The minimum atomic E-state index is -1.11. The van der Waals surface area contributed by atoms with Crippen molar-refractivity contribution in [3.63, 3.8) is 0 Å². The fourth-order valence-corrected chi connectivity index (χ4v) is 2.88. The molecule has 1 aliphatic heterocycles. The Hall–Kier alpha value is -1.62. The Morgan fingerprint density at radius 2 is 2.15 bits per heavy atom. The zero-order valence-electron chi connectivity index (χ0n) is 11.1. The lowest BCUT2D eigenvalue weighted by Gasteiger charge is -2.31. The lowest BCUT2D eigenvalue weighted by Crippen LogP contribution is -2.36. The molecule has 1 amide bonds. The van der Waals surface area contributed by atoms with Crippen molar-refractivity contribution in [1.29, 1.82) is 0 Å². The van der Waals surface area contributed by atoms with E-state index in [1.165, 1.54) is 17.0 Å². The van der Waals surface area contributed by atoms with Gasteiger partial charge in [0, 0.05) is 18.0 Å². The molecule has 0 bridgehead atoms. The monoisotopic (exact) mass is 299 g/mol. The molecule has 2 rings (SSSR count). The molecular formula is C14H15ClFNO3. The van der Waals surface area contributed by atoms with E-state index in [4.69, 9.17) is 11.6 Å². The number of nitrogens with zero attached hydrogens (tertiary/aromatic N) is 1. The number of carbonyl (C=O) groups excluding carboxylic acids is 1. The molecule has 2 atom stereocenters. The Bertz CT molecular complexity index is 561. The van der Waals surface area contributed by atoms with Gasteiger partial charge >= 0.3 is 5.97 Å². The van der Waals surface area contributed by atoms with Crippen molar-refractivity contribution in [2.24, 2.45) is 5.92 Å². The lowest BCUT2D eigenvalue weighted by atomic mass is 9.93. The highest BCUT2D eigenvalue weighted by molar-refractivity contribution is 6.30. The molecule has 0 aromatic heterocycles. The minimum Gasteiger partial charge on any atom is -0.481 e. The van der Waals surface area contributed by atoms with Crippen LogP contribution < -0.4 is 0 Å². The summed E-state index contributed by atoms with van der Waals surface area (Å²) in [4.78, 5) is 24.8. The molecular weight excluding hydrogens is 285 g/mol. The first kappa shape index (κ1) is 14.8. The molecule has 6 heteroatoms. The van der Waals surface area contributed by atoms with Gasteiger partial charge in [0.25, 0.3) is 0 Å². The van der Waals surface area contributed by atoms with Crippen molar-refractivity contribution < 1.29 is 19.1 Å². The van der Waals surface area contributed by atoms with Crippen LogP contribution in [0.3, 0.4) is 0 Å². The largest absolute Gasteiger partial charge is 0.481 e. The first-order valence-corrected chi connectivity index (χ1v) is 6.70. The van der Waals surface area contributed by atoms with Crippen LogP contribution in [-0.4, -0.2) is 27.9 Å². The number of halogens is 2. The molecule has 0 saturated carbocycles. The van der Waals surface area contributed by atoms with Gasteiger partial charge in [0.05, 0.1) is 17.0 Å². The second kappa shape index (κ2) is 5.40. The van der Waals surface area contributed by atoms with Gasteiger partial charge < -0.3 is 10.0 Å². The smallest absolute Gasteiger partial charge is 0.309 e. The van der Waals surface area contributed by atoms with Crippen LogP contribution in [0.5, 0.6) is 0 Å². The van der Waals surface area contributed by atoms with E-state index in [9.17, 15) is 19.1 Å². The molecule has 4 nitrogen and oxygen atoms in total. The van der Waals surface area contributed by atoms with Gasteiger partial charge in [0.2, 0.25) is 5.91 Å². The van der Waals surface area contributed by atoms with Crippen LogP contribution in [0.1, 0.15) is 31.9 Å². The number of carbonyl (C=O) groups is 2. The molecule has 1 N–H and O–H groups in total. The van der Waals surface area contributed by atoms with Crippen LogP contribution in [0.25, 0.3) is 0 Å². The normalized spacial score (nSPS) is 22.6. The average molecular weight is 300 g/mol. The zero-order valence-corrected chi connectivity index (χ0v) is 11.9. The summed E-state index contributed by atoms with van der Waals surface area (Å²) in [5.41, 5.74) is 0.157. The van der Waals surface area contributed by atoms with Gasteiger partial charge in [-0.15, -0.1) is 0 Å². The number of hydrogen-bond acceptors (Lipinski definition) is 2. The van der Waals surface area contributed by atoms with Crippen molar-refractivity contribution >= 4 is 23.5 Å². The number of amides is 1. The highest BCUT2D eigenvalue weighted by Gasteiger charge is 2.46. The van der Waals surface area contributed by atoms with Gasteiger partial charge in [-0.1, -0.05) is 23.7 Å². The molecule has 1 aromatic carbocycles. The van der Waals surface area contributed by atoms with E-state index in [-0.39, 0.29) is 29.0 Å². The highest BCUT2D eigenvalue weighted by Crippen LogP contribution is 2.41. The van der Waals surface area contributed by atoms with Crippen molar-refractivity contribution in [2.75, 3.05) is 0 Å². The van der Waals surface area contributed by atoms with E-state index in [1.807, 2.05) is 0 Å². The van der Waals surface area contributed by atoms with Gasteiger partial charge in [-0.25, -0.2) is 4.39 Å². The van der Waals surface area contributed by atoms with E-state index in [0.29, 0.717) is 0 Å². The topological polar surface area (TPSA) is 57.6 Å². The third kappa shape index (κ3) is 2.38. The summed E-state index contributed by atoms with van der Waals surface area (Å²) in [5.74, 6) is -3.01. The zero-order chi connectivity index (χ0) is 15.0. The number of likely N-dealkylation sites (tertiary alicyclic amines) is 1. The van der Waals surface area contributed by atoms with Crippen LogP contribution in [0.15, 0.2) is 18.2 Å². The SMILES string of the molecule is CC(C)N1C(=O)CC(C(=O)O)C1c1cccc(Cl)c1F. The molecule has 1 aliphatic rings. The maximum atomic E-state index is 14.2. The summed E-state index contributed by atoms with van der Waals surface area (Å²) < 4.78 is 14.2. The Kier molecular flexibility index (Phi) is 3.99. The average Bonchev–Trinajstić information content (AvgIpc) is 2.70. The lowest BCUT2D eigenvalue weighted by molar-refractivity contribution is -0.142. The first-order valence-electron chi connectivity index (χ1n) is 6.32. The molecule has 1 heterocycles. The van der Waals surface area contributed by atoms with Crippen molar-refractivity contribution in [2.45, 2.75) is 32.4 Å². The molecule has 1 fully saturated rings. The van der Waals surface area contributed by atoms with Crippen molar-refractivity contribution in [3.8, 4) is 0 Å². The van der Waals surface area contributed by atoms with Gasteiger partial charge in [-0.05, 0) is 19.9 Å². The van der Waals surface area contributed by atoms with Crippen LogP contribution in [0, 0.1) is 11.7 Å². The van der Waals surface area contributed by atoms with E-state index in [1.54, 1.807) is 19.9 Å². The van der Waals surface area contributed by atoms with Crippen molar-refractivity contribution in [1.82, 2.24) is 4.90 Å². The number of benzene rings is 1. The highest BCUT2D eigenvalue weighted by atomic mass is 35.5. The summed E-state index contributed by atoms with van der Waals surface area (Å²) in [7, 11) is 0. The second-order valence-electron chi connectivity index (χ2n) is 5.13. The quantitative estimate of drug-likeness (QED) is 0.933. The number of carboxylic acid groups (broad SMARTS) is 1. The van der Waals surface area contributed by atoms with Gasteiger partial charge in [0.15, 0.2) is 0 Å². The van der Waals surface area contributed by atoms with E-state index < -0.39 is 23.7 Å². The first-order chi connectivity index (χ1) is 9.34. The third-order valence-corrected chi connectivity index (χ3v) is 3.83. The molecule has 1 saturated heterocycles. The summed E-state index contributed by atoms with van der Waals surface area (Å²) in [5, 5.41) is 9.21. The second-order valence-corrected chi connectivity index (χ2v) is 5.54. The number of rotatable bonds is 3. The fourth-order valence-electron chi connectivity index (χ4n) is 2.70. The molecule has 1 aromatic rings. The third-order valence-electron chi connectivity index (χ3n) is 3.54. The van der Waals surface area contributed by atoms with Crippen LogP contribution in [-0.2, 0) is 9.59 Å². The molecule has 108 valence electrons. The van der Waals surface area contributed by atoms with Crippen LogP contribution in [0.2, 0.25) is 5.02 Å². The van der Waals surface area contributed by atoms with Gasteiger partial charge in [-0.2, -0.15) is 0 Å². The fraction of sp³-hybridized carbons (Fsp3) is 0.429. The van der Waals surface area contributed by atoms with Gasteiger partial charge in [-0.3, -0.25) is 9.59 Å². The summed E-state index contributed by atoms with van der Waals surface area (Å²) in [6.45, 7) is 3.55. The predicted octanol–water partition coefficient (Wildman–Crippen LogP) is 2.86. The summed E-state index contributed by atoms with van der Waals surface area (Å²) >= 11 is 5.76. The van der Waals surface area contributed by atoms with Crippen LogP contribution >= 0.6 is 11.6 Å². The maximum Gasteiger partial charge on any atom is 0.309 e. The standard InChI is InChI=1S/C14H15ClFNO3/c1-7(2)17-11(18)6-9(14(19)20)13(17)8-4-3-5-10(15)12(8)16/h3-5,7,9,13H,6H2,1-2H3,(H,19,20). The number of aliphatic carboxylic acids is 1. The van der Waals surface area contributed by atoms with Crippen molar-refractivity contribution in [3.05, 3.63) is 34.6 Å². The Morgan fingerprint density at radius 1 is 1.50 bits per heavy atom. The summed E-state index contributed by atoms with van der Waals surface area (Å²) in [6, 6.07) is 3.40. The molecule has 2 unspecified atom stereocenters. The predicted molar refractivity (Wildman–Crippen MR) is 71.9 cm³/mol. The number of carboxylic acids is 1. The van der Waals surface area contributed by atoms with Crippen LogP contribution in [0.4, 0.5) is 4.39 Å². The Morgan fingerprint density at radius 3 is 2.70 bits per heavy atom. The minimum absolute atomic E-state index is 0.0744.